The van der Waals surface area contributed by atoms with Crippen molar-refractivity contribution >= 4 is 11.3 Å². The quantitative estimate of drug-likeness (QED) is 0.549. The van der Waals surface area contributed by atoms with E-state index >= 15 is 0 Å². The number of oxime groups is 1. The normalized spacial score (nSPS) is 27.2. The Balaban J connectivity index is 2.15. The summed E-state index contributed by atoms with van der Waals surface area (Å²) in [6.07, 6.45) is 9.42. The van der Waals surface area contributed by atoms with Crippen LogP contribution in [0.3, 0.4) is 0 Å². The van der Waals surface area contributed by atoms with Crippen molar-refractivity contribution in [2.24, 2.45) is 28.5 Å². The maximum Gasteiger partial charge on any atom is 0.114 e. The highest BCUT2D eigenvalue weighted by atomic mass is 16.6. The minimum Gasteiger partial charge on any atom is -0.399 e. The molecule has 1 aliphatic carbocycles. The summed E-state index contributed by atoms with van der Waals surface area (Å²) in [6.45, 7) is 8.69. The van der Waals surface area contributed by atoms with E-state index in [-0.39, 0.29) is 11.5 Å². The van der Waals surface area contributed by atoms with Crippen molar-refractivity contribution in [3.63, 3.8) is 0 Å². The Morgan fingerprint density at radius 3 is 2.79 bits per heavy atom. The van der Waals surface area contributed by atoms with Crippen LogP contribution in [0.1, 0.15) is 51.7 Å². The number of hydrogen-bond acceptors (Lipinski definition) is 5. The van der Waals surface area contributed by atoms with E-state index in [1.807, 2.05) is 56.3 Å². The van der Waals surface area contributed by atoms with Gasteiger partial charge in [-0.15, -0.1) is 0 Å². The van der Waals surface area contributed by atoms with E-state index in [1.165, 1.54) is 0 Å². The molecule has 4 N–H and O–H groups in total. The zero-order valence-corrected chi connectivity index (χ0v) is 17.9. The van der Waals surface area contributed by atoms with Crippen molar-refractivity contribution in [2.75, 3.05) is 6.61 Å². The molecule has 3 atom stereocenters. The number of nitriles is 1. The Labute approximate surface area is 174 Å². The Kier molecular flexibility index (Phi) is 7.81. The molecule has 0 aliphatic heterocycles. The number of allylic oxidation sites excluding steroid dienone is 5. The molecule has 1 fully saturated rings. The fraction of sp³-hybridized carbons (Fsp3) is 0.417. The summed E-state index contributed by atoms with van der Waals surface area (Å²) in [4.78, 5) is 5.24. The van der Waals surface area contributed by atoms with Crippen LogP contribution in [0.15, 0.2) is 59.4 Å². The molecule has 1 aliphatic rings. The second-order valence-electron chi connectivity index (χ2n) is 7.95. The molecule has 2 rings (SSSR count). The molecule has 0 spiro atoms. The summed E-state index contributed by atoms with van der Waals surface area (Å²) in [5, 5.41) is 13.5. The average molecular weight is 393 g/mol. The van der Waals surface area contributed by atoms with Gasteiger partial charge in [0, 0.05) is 17.7 Å². The van der Waals surface area contributed by atoms with E-state index in [4.69, 9.17) is 16.3 Å². The van der Waals surface area contributed by atoms with Gasteiger partial charge in [-0.3, -0.25) is 0 Å². The summed E-state index contributed by atoms with van der Waals surface area (Å²) in [6, 6.07) is 9.77. The summed E-state index contributed by atoms with van der Waals surface area (Å²) in [5.74, 6) is 0.543. The summed E-state index contributed by atoms with van der Waals surface area (Å²) < 4.78 is 0. The molecule has 1 aromatic rings. The molecular weight excluding hydrogens is 360 g/mol. The van der Waals surface area contributed by atoms with Gasteiger partial charge in [0.05, 0.1) is 17.3 Å². The van der Waals surface area contributed by atoms with Crippen molar-refractivity contribution in [1.82, 2.24) is 0 Å². The molecule has 2 unspecified atom stereocenters. The van der Waals surface area contributed by atoms with Gasteiger partial charge in [0.1, 0.15) is 6.61 Å². The summed E-state index contributed by atoms with van der Waals surface area (Å²) >= 11 is 0. The van der Waals surface area contributed by atoms with Crippen LogP contribution in [-0.4, -0.2) is 17.9 Å². The first-order valence-electron chi connectivity index (χ1n) is 10.1. The third kappa shape index (κ3) is 6.07. The van der Waals surface area contributed by atoms with Crippen LogP contribution in [0.5, 0.6) is 0 Å². The monoisotopic (exact) mass is 392 g/mol. The van der Waals surface area contributed by atoms with Crippen LogP contribution >= 0.6 is 0 Å². The standard InChI is InChI=1S/C24H32N4O/c1-5-29-28-22-14-19(18(3)24(4,27)15-22)11-13-21(26)12-10-17(2)23-9-7-6-8-20(23)16-25/h6-13,18-19H,5,14-15,26-27H2,1-4H3/b13-11+,17-10+,21-12-,28-22-/t18-,19?,24?/m0/s1. The number of nitrogens with two attached hydrogens (primary N) is 2. The van der Waals surface area contributed by atoms with E-state index in [0.29, 0.717) is 23.8 Å². The molecule has 29 heavy (non-hydrogen) atoms. The topological polar surface area (TPSA) is 97.4 Å². The highest BCUT2D eigenvalue weighted by Crippen LogP contribution is 2.35. The fourth-order valence-corrected chi connectivity index (χ4v) is 3.60. The molecule has 0 bridgehead atoms. The van der Waals surface area contributed by atoms with Gasteiger partial charge < -0.3 is 16.3 Å². The molecule has 0 saturated heterocycles. The first-order chi connectivity index (χ1) is 13.8. The van der Waals surface area contributed by atoms with E-state index < -0.39 is 0 Å². The predicted octanol–water partition coefficient (Wildman–Crippen LogP) is 4.52. The molecule has 1 aromatic carbocycles. The third-order valence-electron chi connectivity index (χ3n) is 5.60. The number of benzene rings is 1. The second-order valence-corrected chi connectivity index (χ2v) is 7.95. The van der Waals surface area contributed by atoms with Gasteiger partial charge >= 0.3 is 0 Å². The molecule has 154 valence electrons. The first kappa shape index (κ1) is 22.4. The molecule has 0 heterocycles. The molecule has 1 saturated carbocycles. The Hall–Kier alpha value is -2.84. The van der Waals surface area contributed by atoms with Gasteiger partial charge in [-0.05, 0) is 68.4 Å². The van der Waals surface area contributed by atoms with Gasteiger partial charge in [0.2, 0.25) is 0 Å². The Bertz CT molecular complexity index is 871. The van der Waals surface area contributed by atoms with Gasteiger partial charge in [0.15, 0.2) is 0 Å². The van der Waals surface area contributed by atoms with E-state index in [9.17, 15) is 5.26 Å². The van der Waals surface area contributed by atoms with E-state index in [2.05, 4.69) is 31.1 Å². The van der Waals surface area contributed by atoms with Gasteiger partial charge in [-0.2, -0.15) is 5.26 Å². The van der Waals surface area contributed by atoms with Crippen molar-refractivity contribution in [3.8, 4) is 6.07 Å². The highest BCUT2D eigenvalue weighted by molar-refractivity contribution is 5.86. The Morgan fingerprint density at radius 1 is 1.38 bits per heavy atom. The van der Waals surface area contributed by atoms with Crippen molar-refractivity contribution in [3.05, 3.63) is 65.4 Å². The first-order valence-corrected chi connectivity index (χ1v) is 10.1. The minimum atomic E-state index is -0.334. The number of nitrogens with zero attached hydrogens (tertiary/aromatic N) is 2. The lowest BCUT2D eigenvalue weighted by Crippen LogP contribution is -2.51. The van der Waals surface area contributed by atoms with Crippen molar-refractivity contribution < 1.29 is 4.84 Å². The van der Waals surface area contributed by atoms with Crippen LogP contribution < -0.4 is 11.5 Å². The van der Waals surface area contributed by atoms with E-state index in [1.54, 1.807) is 0 Å². The number of rotatable bonds is 6. The summed E-state index contributed by atoms with van der Waals surface area (Å²) in [5.41, 5.74) is 16.6. The van der Waals surface area contributed by atoms with Crippen molar-refractivity contribution in [1.29, 1.82) is 5.26 Å². The van der Waals surface area contributed by atoms with Crippen LogP contribution in [0, 0.1) is 23.2 Å². The lowest BCUT2D eigenvalue weighted by atomic mass is 9.68. The van der Waals surface area contributed by atoms with Gasteiger partial charge in [-0.1, -0.05) is 42.4 Å². The fourth-order valence-electron chi connectivity index (χ4n) is 3.60. The predicted molar refractivity (Wildman–Crippen MR) is 120 cm³/mol. The average Bonchev–Trinajstić information content (AvgIpc) is 2.71. The SMILES string of the molecule is CCO/N=C1/CC(/C=C/C(N)=C/C=C(\C)c2ccccc2C#N)[C@H](C)C(C)(N)C1. The molecule has 5 heteroatoms. The van der Waals surface area contributed by atoms with Gasteiger partial charge in [0.25, 0.3) is 0 Å². The van der Waals surface area contributed by atoms with Crippen LogP contribution in [0.25, 0.3) is 5.57 Å². The maximum atomic E-state index is 9.26. The lowest BCUT2D eigenvalue weighted by Gasteiger charge is -2.41. The van der Waals surface area contributed by atoms with Crippen LogP contribution in [0.2, 0.25) is 0 Å². The van der Waals surface area contributed by atoms with Crippen molar-refractivity contribution in [2.45, 2.75) is 46.1 Å². The molecule has 0 amide bonds. The van der Waals surface area contributed by atoms with Crippen LogP contribution in [-0.2, 0) is 4.84 Å². The maximum absolute atomic E-state index is 9.26. The molecule has 5 nitrogen and oxygen atoms in total. The largest absolute Gasteiger partial charge is 0.399 e. The number of hydrogen-bond donors (Lipinski definition) is 2. The van der Waals surface area contributed by atoms with Crippen LogP contribution in [0.4, 0.5) is 0 Å². The zero-order chi connectivity index (χ0) is 21.4. The second kappa shape index (κ2) is 10.1. The molecule has 0 radical (unpaired) electrons. The lowest BCUT2D eigenvalue weighted by molar-refractivity contribution is 0.151. The molecular formula is C24H32N4O. The smallest absolute Gasteiger partial charge is 0.114 e. The van der Waals surface area contributed by atoms with E-state index in [0.717, 1.165) is 29.7 Å². The minimum absolute atomic E-state index is 0.245. The zero-order valence-electron chi connectivity index (χ0n) is 17.9. The molecule has 0 aromatic heterocycles. The van der Waals surface area contributed by atoms with Gasteiger partial charge in [-0.25, -0.2) is 0 Å². The highest BCUT2D eigenvalue weighted by Gasteiger charge is 2.38. The summed E-state index contributed by atoms with van der Waals surface area (Å²) in [7, 11) is 0. The third-order valence-corrected chi connectivity index (χ3v) is 5.60. The Morgan fingerprint density at radius 2 is 2.10 bits per heavy atom.